The normalized spacial score (nSPS) is 21.7. The number of nitrogens with one attached hydrogen (secondary N) is 1. The van der Waals surface area contributed by atoms with Gasteiger partial charge in [0.2, 0.25) is 0 Å². The Labute approximate surface area is 119 Å². The van der Waals surface area contributed by atoms with Gasteiger partial charge in [-0.25, -0.2) is 0 Å². The Hall–Kier alpha value is -0.560. The van der Waals surface area contributed by atoms with E-state index in [9.17, 15) is 0 Å². The highest BCUT2D eigenvalue weighted by molar-refractivity contribution is 4.96. The monoisotopic (exact) mass is 266 g/mol. The maximum atomic E-state index is 5.99. The van der Waals surface area contributed by atoms with Gasteiger partial charge in [-0.05, 0) is 39.3 Å². The molecule has 1 rings (SSSR count). The molecule has 0 radical (unpaired) electrons. The fourth-order valence-electron chi connectivity index (χ4n) is 2.60. The summed E-state index contributed by atoms with van der Waals surface area (Å²) in [5.41, 5.74) is 0. The highest BCUT2D eigenvalue weighted by Gasteiger charge is 2.26. The molecule has 1 saturated heterocycles. The Morgan fingerprint density at radius 2 is 2.21 bits per heavy atom. The Morgan fingerprint density at radius 1 is 1.37 bits per heavy atom. The number of morpholine rings is 1. The fraction of sp³-hybridized carbons (Fsp3) is 0.875. The van der Waals surface area contributed by atoms with Crippen LogP contribution < -0.4 is 5.32 Å². The van der Waals surface area contributed by atoms with Crippen molar-refractivity contribution in [1.29, 1.82) is 0 Å². The first-order chi connectivity index (χ1) is 9.31. The lowest BCUT2D eigenvalue weighted by Gasteiger charge is -2.37. The first-order valence-electron chi connectivity index (χ1n) is 7.78. The van der Waals surface area contributed by atoms with E-state index in [-0.39, 0.29) is 0 Å². The van der Waals surface area contributed by atoms with Crippen LogP contribution in [0.5, 0.6) is 0 Å². The highest BCUT2D eigenvalue weighted by atomic mass is 16.5. The lowest BCUT2D eigenvalue weighted by molar-refractivity contribution is -0.0473. The van der Waals surface area contributed by atoms with Crippen LogP contribution in [-0.2, 0) is 4.74 Å². The van der Waals surface area contributed by atoms with Crippen molar-refractivity contribution in [1.82, 2.24) is 10.2 Å². The van der Waals surface area contributed by atoms with E-state index in [2.05, 4.69) is 35.9 Å². The van der Waals surface area contributed by atoms with Crippen LogP contribution in [-0.4, -0.2) is 49.8 Å². The van der Waals surface area contributed by atoms with Gasteiger partial charge in [0.05, 0.1) is 12.7 Å². The quantitative estimate of drug-likeness (QED) is 0.682. The minimum absolute atomic E-state index is 0.325. The van der Waals surface area contributed by atoms with Crippen LogP contribution in [0, 0.1) is 11.8 Å². The molecule has 3 heteroatoms. The van der Waals surface area contributed by atoms with Crippen LogP contribution in [0.1, 0.15) is 46.5 Å². The van der Waals surface area contributed by atoms with E-state index in [1.165, 1.54) is 19.4 Å². The topological polar surface area (TPSA) is 24.5 Å². The predicted octanol–water partition coefficient (Wildman–Crippen LogP) is 2.27. The molecule has 19 heavy (non-hydrogen) atoms. The van der Waals surface area contributed by atoms with Crippen molar-refractivity contribution in [3.05, 3.63) is 0 Å². The fourth-order valence-corrected chi connectivity index (χ4v) is 2.60. The average Bonchev–Trinajstić information content (AvgIpc) is 2.43. The lowest BCUT2D eigenvalue weighted by Crippen LogP contribution is -2.52. The molecular formula is C16H30N2O. The number of hydrogen-bond acceptors (Lipinski definition) is 3. The van der Waals surface area contributed by atoms with Gasteiger partial charge in [-0.2, -0.15) is 0 Å². The van der Waals surface area contributed by atoms with Crippen molar-refractivity contribution >= 4 is 0 Å². The zero-order valence-corrected chi connectivity index (χ0v) is 12.9. The molecule has 3 nitrogen and oxygen atoms in total. The largest absolute Gasteiger partial charge is 0.374 e. The minimum atomic E-state index is 0.325. The van der Waals surface area contributed by atoms with E-state index in [0.29, 0.717) is 12.1 Å². The molecule has 2 unspecified atom stereocenters. The molecule has 0 spiro atoms. The molecule has 110 valence electrons. The SMILES string of the molecule is CC#CCCC(NCCC)C1CN(CCC)CCO1. The molecule has 0 saturated carbocycles. The summed E-state index contributed by atoms with van der Waals surface area (Å²) in [6.45, 7) is 11.6. The van der Waals surface area contributed by atoms with Crippen LogP contribution in [0.25, 0.3) is 0 Å². The molecule has 1 heterocycles. The minimum Gasteiger partial charge on any atom is -0.374 e. The van der Waals surface area contributed by atoms with Crippen molar-refractivity contribution in [2.24, 2.45) is 0 Å². The molecule has 0 aromatic heterocycles. The Balaban J connectivity index is 2.47. The standard InChI is InChI=1S/C16H30N2O/c1-4-7-8-9-15(17-10-5-2)16-14-18(11-6-3)12-13-19-16/h15-17H,5-6,8-14H2,1-3H3. The summed E-state index contributed by atoms with van der Waals surface area (Å²) in [4.78, 5) is 2.53. The molecule has 1 aliphatic heterocycles. The van der Waals surface area contributed by atoms with E-state index in [1.807, 2.05) is 6.92 Å². The first-order valence-corrected chi connectivity index (χ1v) is 7.78. The van der Waals surface area contributed by atoms with Crippen LogP contribution in [0.4, 0.5) is 0 Å². The molecule has 1 aliphatic rings. The molecule has 0 bridgehead atoms. The lowest BCUT2D eigenvalue weighted by atomic mass is 10.0. The summed E-state index contributed by atoms with van der Waals surface area (Å²) >= 11 is 0. The van der Waals surface area contributed by atoms with Gasteiger partial charge in [0, 0.05) is 25.6 Å². The maximum Gasteiger partial charge on any atom is 0.0855 e. The van der Waals surface area contributed by atoms with Crippen molar-refractivity contribution in [3.8, 4) is 11.8 Å². The molecule has 1 fully saturated rings. The van der Waals surface area contributed by atoms with E-state index in [0.717, 1.165) is 39.1 Å². The van der Waals surface area contributed by atoms with Crippen molar-refractivity contribution in [2.45, 2.75) is 58.6 Å². The maximum absolute atomic E-state index is 5.99. The van der Waals surface area contributed by atoms with Crippen LogP contribution in [0.15, 0.2) is 0 Å². The predicted molar refractivity (Wildman–Crippen MR) is 81.2 cm³/mol. The molecule has 0 amide bonds. The van der Waals surface area contributed by atoms with E-state index in [1.54, 1.807) is 0 Å². The number of ether oxygens (including phenoxy) is 1. The second-order valence-electron chi connectivity index (χ2n) is 5.24. The average molecular weight is 266 g/mol. The van der Waals surface area contributed by atoms with Gasteiger partial charge < -0.3 is 10.1 Å². The Bertz CT molecular complexity index is 280. The third kappa shape index (κ3) is 6.42. The molecule has 2 atom stereocenters. The van der Waals surface area contributed by atoms with Crippen LogP contribution >= 0.6 is 0 Å². The third-order valence-corrected chi connectivity index (χ3v) is 3.58. The van der Waals surface area contributed by atoms with Crippen molar-refractivity contribution in [2.75, 3.05) is 32.8 Å². The van der Waals surface area contributed by atoms with Gasteiger partial charge in [-0.15, -0.1) is 11.8 Å². The summed E-state index contributed by atoms with van der Waals surface area (Å²) in [7, 11) is 0. The van der Waals surface area contributed by atoms with Crippen molar-refractivity contribution in [3.63, 3.8) is 0 Å². The highest BCUT2D eigenvalue weighted by Crippen LogP contribution is 2.13. The van der Waals surface area contributed by atoms with Gasteiger partial charge >= 0.3 is 0 Å². The van der Waals surface area contributed by atoms with Crippen molar-refractivity contribution < 1.29 is 4.74 Å². The molecule has 0 aromatic carbocycles. The number of hydrogen-bond donors (Lipinski definition) is 1. The molecule has 0 aliphatic carbocycles. The van der Waals surface area contributed by atoms with Crippen LogP contribution in [0.2, 0.25) is 0 Å². The molecule has 0 aromatic rings. The Kier molecular flexibility index (Phi) is 8.90. The summed E-state index contributed by atoms with van der Waals surface area (Å²) in [5, 5.41) is 3.64. The summed E-state index contributed by atoms with van der Waals surface area (Å²) in [6.07, 6.45) is 4.77. The second-order valence-corrected chi connectivity index (χ2v) is 5.24. The van der Waals surface area contributed by atoms with E-state index < -0.39 is 0 Å². The van der Waals surface area contributed by atoms with Gasteiger partial charge in [0.25, 0.3) is 0 Å². The first kappa shape index (κ1) is 16.5. The molecular weight excluding hydrogens is 236 g/mol. The van der Waals surface area contributed by atoms with Gasteiger partial charge in [-0.1, -0.05) is 13.8 Å². The summed E-state index contributed by atoms with van der Waals surface area (Å²) in [6, 6.07) is 0.445. The zero-order chi connectivity index (χ0) is 13.9. The smallest absolute Gasteiger partial charge is 0.0855 e. The van der Waals surface area contributed by atoms with Gasteiger partial charge in [0.1, 0.15) is 0 Å². The van der Waals surface area contributed by atoms with Gasteiger partial charge in [0.15, 0.2) is 0 Å². The molecule has 1 N–H and O–H groups in total. The third-order valence-electron chi connectivity index (χ3n) is 3.58. The van der Waals surface area contributed by atoms with E-state index in [4.69, 9.17) is 4.74 Å². The summed E-state index contributed by atoms with van der Waals surface area (Å²) < 4.78 is 5.99. The van der Waals surface area contributed by atoms with Crippen LogP contribution in [0.3, 0.4) is 0 Å². The number of rotatable bonds is 8. The van der Waals surface area contributed by atoms with Gasteiger partial charge in [-0.3, -0.25) is 4.90 Å². The Morgan fingerprint density at radius 3 is 2.89 bits per heavy atom. The van der Waals surface area contributed by atoms with E-state index >= 15 is 0 Å². The zero-order valence-electron chi connectivity index (χ0n) is 12.9. The summed E-state index contributed by atoms with van der Waals surface area (Å²) in [5.74, 6) is 6.15. The number of nitrogens with zero attached hydrogens (tertiary/aromatic N) is 1. The second kappa shape index (κ2) is 10.3.